The molecule has 0 unspecified atom stereocenters. The van der Waals surface area contributed by atoms with Crippen LogP contribution in [0.1, 0.15) is 30.3 Å². The summed E-state index contributed by atoms with van der Waals surface area (Å²) in [5.41, 5.74) is 0. The fourth-order valence-electron chi connectivity index (χ4n) is 3.30. The number of halogens is 1. The lowest BCUT2D eigenvalue weighted by molar-refractivity contribution is -0.138. The highest BCUT2D eigenvalue weighted by molar-refractivity contribution is 5.91. The van der Waals surface area contributed by atoms with E-state index < -0.39 is 0 Å². The SMILES string of the molecule is C[C@H]1C[C@@H](C(=O)N2CCN(C(=O)c3ccco3)CC2)CCN1.Cl. The fraction of sp³-hybridized carbons (Fsp3) is 0.625. The van der Waals surface area contributed by atoms with Crippen LogP contribution in [0.2, 0.25) is 0 Å². The first-order valence-corrected chi connectivity index (χ1v) is 8.00. The van der Waals surface area contributed by atoms with Crippen LogP contribution in [0.3, 0.4) is 0 Å². The molecule has 0 aliphatic carbocycles. The number of nitrogens with zero attached hydrogens (tertiary/aromatic N) is 2. The van der Waals surface area contributed by atoms with Gasteiger partial charge in [0.2, 0.25) is 5.91 Å². The average Bonchev–Trinajstić information content (AvgIpc) is 3.08. The van der Waals surface area contributed by atoms with Crippen molar-refractivity contribution in [3.63, 3.8) is 0 Å². The van der Waals surface area contributed by atoms with E-state index in [2.05, 4.69) is 12.2 Å². The Labute approximate surface area is 142 Å². The van der Waals surface area contributed by atoms with Crippen LogP contribution >= 0.6 is 12.4 Å². The number of rotatable bonds is 2. The van der Waals surface area contributed by atoms with E-state index >= 15 is 0 Å². The molecule has 1 aromatic heterocycles. The van der Waals surface area contributed by atoms with Gasteiger partial charge in [-0.1, -0.05) is 0 Å². The minimum atomic E-state index is -0.0902. The van der Waals surface area contributed by atoms with Gasteiger partial charge in [-0.2, -0.15) is 0 Å². The molecule has 0 spiro atoms. The molecule has 23 heavy (non-hydrogen) atoms. The van der Waals surface area contributed by atoms with Crippen LogP contribution in [0.25, 0.3) is 0 Å². The van der Waals surface area contributed by atoms with Crippen LogP contribution < -0.4 is 5.32 Å². The molecule has 0 saturated carbocycles. The van der Waals surface area contributed by atoms with Gasteiger partial charge in [-0.3, -0.25) is 9.59 Å². The smallest absolute Gasteiger partial charge is 0.289 e. The summed E-state index contributed by atoms with van der Waals surface area (Å²) in [4.78, 5) is 28.5. The van der Waals surface area contributed by atoms with Gasteiger partial charge in [0.15, 0.2) is 5.76 Å². The topological polar surface area (TPSA) is 65.8 Å². The molecule has 3 rings (SSSR count). The molecule has 2 atom stereocenters. The van der Waals surface area contributed by atoms with E-state index in [0.29, 0.717) is 38.0 Å². The van der Waals surface area contributed by atoms with Gasteiger partial charge in [0.05, 0.1) is 6.26 Å². The van der Waals surface area contributed by atoms with Crippen molar-refractivity contribution in [1.82, 2.24) is 15.1 Å². The van der Waals surface area contributed by atoms with Gasteiger partial charge in [0.25, 0.3) is 5.91 Å². The molecular formula is C16H24ClN3O3. The Balaban J connectivity index is 0.00000192. The van der Waals surface area contributed by atoms with Gasteiger partial charge in [-0.15, -0.1) is 12.4 Å². The van der Waals surface area contributed by atoms with Crippen molar-refractivity contribution in [3.8, 4) is 0 Å². The molecule has 6 nitrogen and oxygen atoms in total. The van der Waals surface area contributed by atoms with Crippen molar-refractivity contribution < 1.29 is 14.0 Å². The van der Waals surface area contributed by atoms with Crippen LogP contribution in [0.5, 0.6) is 0 Å². The predicted molar refractivity (Wildman–Crippen MR) is 88.6 cm³/mol. The van der Waals surface area contributed by atoms with Gasteiger partial charge in [-0.25, -0.2) is 0 Å². The third-order valence-corrected chi connectivity index (χ3v) is 4.58. The van der Waals surface area contributed by atoms with Gasteiger partial charge in [0, 0.05) is 38.1 Å². The number of furan rings is 1. The van der Waals surface area contributed by atoms with Crippen LogP contribution in [0.15, 0.2) is 22.8 Å². The lowest BCUT2D eigenvalue weighted by atomic mass is 9.92. The van der Waals surface area contributed by atoms with Crippen molar-refractivity contribution in [3.05, 3.63) is 24.2 Å². The minimum Gasteiger partial charge on any atom is -0.459 e. The largest absolute Gasteiger partial charge is 0.459 e. The number of hydrogen-bond donors (Lipinski definition) is 1. The Morgan fingerprint density at radius 3 is 2.52 bits per heavy atom. The first kappa shape index (κ1) is 17.8. The summed E-state index contributed by atoms with van der Waals surface area (Å²) in [7, 11) is 0. The predicted octanol–water partition coefficient (Wildman–Crippen LogP) is 1.37. The van der Waals surface area contributed by atoms with Crippen LogP contribution in [-0.4, -0.2) is 60.4 Å². The quantitative estimate of drug-likeness (QED) is 0.882. The maximum atomic E-state index is 12.6. The molecule has 2 fully saturated rings. The Hall–Kier alpha value is -1.53. The molecule has 0 aromatic carbocycles. The number of carbonyl (C=O) groups excluding carboxylic acids is 2. The summed E-state index contributed by atoms with van der Waals surface area (Å²) >= 11 is 0. The zero-order valence-electron chi connectivity index (χ0n) is 13.4. The zero-order valence-corrected chi connectivity index (χ0v) is 14.2. The molecule has 128 valence electrons. The number of piperazine rings is 1. The molecule has 2 amide bonds. The van der Waals surface area contributed by atoms with Gasteiger partial charge >= 0.3 is 0 Å². The van der Waals surface area contributed by atoms with E-state index in [1.165, 1.54) is 6.26 Å². The van der Waals surface area contributed by atoms with E-state index in [4.69, 9.17) is 4.42 Å². The Morgan fingerprint density at radius 1 is 1.22 bits per heavy atom. The highest BCUT2D eigenvalue weighted by Gasteiger charge is 2.31. The molecule has 3 heterocycles. The van der Waals surface area contributed by atoms with Crippen molar-refractivity contribution in [2.24, 2.45) is 5.92 Å². The van der Waals surface area contributed by atoms with Gasteiger partial charge in [-0.05, 0) is 38.4 Å². The van der Waals surface area contributed by atoms with Gasteiger partial charge in [0.1, 0.15) is 0 Å². The Morgan fingerprint density at radius 2 is 1.91 bits per heavy atom. The number of nitrogens with one attached hydrogen (secondary N) is 1. The highest BCUT2D eigenvalue weighted by Crippen LogP contribution is 2.20. The molecule has 2 saturated heterocycles. The third-order valence-electron chi connectivity index (χ3n) is 4.58. The second-order valence-corrected chi connectivity index (χ2v) is 6.17. The van der Waals surface area contributed by atoms with E-state index in [9.17, 15) is 9.59 Å². The maximum absolute atomic E-state index is 12.6. The Bertz CT molecular complexity index is 527. The molecule has 2 aliphatic rings. The minimum absolute atomic E-state index is 0. The molecule has 7 heteroatoms. The monoisotopic (exact) mass is 341 g/mol. The fourth-order valence-corrected chi connectivity index (χ4v) is 3.30. The van der Waals surface area contributed by atoms with Gasteiger partial charge < -0.3 is 19.5 Å². The summed E-state index contributed by atoms with van der Waals surface area (Å²) < 4.78 is 5.15. The van der Waals surface area contributed by atoms with Crippen molar-refractivity contribution >= 4 is 24.2 Å². The number of hydrogen-bond acceptors (Lipinski definition) is 4. The Kier molecular flexibility index (Phi) is 6.07. The third kappa shape index (κ3) is 4.06. The van der Waals surface area contributed by atoms with Crippen molar-refractivity contribution in [2.75, 3.05) is 32.7 Å². The van der Waals surface area contributed by atoms with Crippen molar-refractivity contribution in [1.29, 1.82) is 0 Å². The summed E-state index contributed by atoms with van der Waals surface area (Å²) in [6.07, 6.45) is 3.32. The van der Waals surface area contributed by atoms with Crippen LogP contribution in [0, 0.1) is 5.92 Å². The first-order valence-electron chi connectivity index (χ1n) is 8.00. The lowest BCUT2D eigenvalue weighted by Gasteiger charge is -2.37. The molecule has 0 bridgehead atoms. The summed E-state index contributed by atoms with van der Waals surface area (Å²) in [6, 6.07) is 3.80. The average molecular weight is 342 g/mol. The standard InChI is InChI=1S/C16H23N3O3.ClH/c1-12-11-13(4-5-17-12)15(20)18-6-8-19(9-7-18)16(21)14-3-2-10-22-14;/h2-3,10,12-13,17H,4-9,11H2,1H3;1H/t12-,13-;/m0./s1. The van der Waals surface area contributed by atoms with E-state index in [0.717, 1.165) is 19.4 Å². The van der Waals surface area contributed by atoms with Crippen molar-refractivity contribution in [2.45, 2.75) is 25.8 Å². The normalized spacial score (nSPS) is 24.9. The van der Waals surface area contributed by atoms with Crippen LogP contribution in [-0.2, 0) is 4.79 Å². The second kappa shape index (κ2) is 7.84. The maximum Gasteiger partial charge on any atom is 0.289 e. The summed E-state index contributed by atoms with van der Waals surface area (Å²) in [5, 5.41) is 3.37. The molecule has 1 N–H and O–H groups in total. The molecule has 1 aromatic rings. The summed E-state index contributed by atoms with van der Waals surface area (Å²) in [5.74, 6) is 0.654. The molecule has 0 radical (unpaired) electrons. The number of carbonyl (C=O) groups is 2. The highest BCUT2D eigenvalue weighted by atomic mass is 35.5. The number of piperidine rings is 1. The van der Waals surface area contributed by atoms with E-state index in [1.807, 2.05) is 4.90 Å². The van der Waals surface area contributed by atoms with E-state index in [-0.39, 0.29) is 30.1 Å². The number of amides is 2. The first-order chi connectivity index (χ1) is 10.6. The second-order valence-electron chi connectivity index (χ2n) is 6.17. The molecular weight excluding hydrogens is 318 g/mol. The summed E-state index contributed by atoms with van der Waals surface area (Å²) in [6.45, 7) is 5.42. The molecule has 2 aliphatic heterocycles. The zero-order chi connectivity index (χ0) is 15.5. The van der Waals surface area contributed by atoms with E-state index in [1.54, 1.807) is 17.0 Å². The van der Waals surface area contributed by atoms with Crippen LogP contribution in [0.4, 0.5) is 0 Å². The lowest BCUT2D eigenvalue weighted by Crippen LogP contribution is -2.53.